The molecule has 1 aromatic carbocycles. The van der Waals surface area contributed by atoms with Gasteiger partial charge < -0.3 is 10.1 Å². The van der Waals surface area contributed by atoms with Gasteiger partial charge in [-0.1, -0.05) is 36.3 Å². The zero-order valence-corrected chi connectivity index (χ0v) is 18.5. The lowest BCUT2D eigenvalue weighted by Gasteiger charge is -2.26. The second kappa shape index (κ2) is 8.91. The fourth-order valence-electron chi connectivity index (χ4n) is 3.90. The van der Waals surface area contributed by atoms with E-state index in [0.29, 0.717) is 30.5 Å². The zero-order chi connectivity index (χ0) is 21.1. The number of carbonyl (C=O) groups is 1. The molecule has 0 unspecified atom stereocenters. The van der Waals surface area contributed by atoms with Crippen molar-refractivity contribution >= 4 is 32.5 Å². The molecule has 2 aliphatic rings. The number of amides is 2. The smallest absolute Gasteiger partial charge is 0.321 e. The van der Waals surface area contributed by atoms with Gasteiger partial charge in [0.2, 0.25) is 10.0 Å². The number of anilines is 1. The van der Waals surface area contributed by atoms with Crippen molar-refractivity contribution < 1.29 is 17.9 Å². The summed E-state index contributed by atoms with van der Waals surface area (Å²) in [5.41, 5.74) is 0.848. The minimum atomic E-state index is -3.70. The molecule has 1 aliphatic carbocycles. The monoisotopic (exact) mass is 450 g/mol. The van der Waals surface area contributed by atoms with Crippen LogP contribution in [0.3, 0.4) is 0 Å². The molecule has 162 valence electrons. The Balaban J connectivity index is 1.46. The highest BCUT2D eigenvalue weighted by Crippen LogP contribution is 2.33. The summed E-state index contributed by atoms with van der Waals surface area (Å²) in [6, 6.07) is 6.68. The number of nitrogens with one attached hydrogen (secondary N) is 2. The van der Waals surface area contributed by atoms with E-state index in [1.807, 2.05) is 6.92 Å². The number of rotatable bonds is 6. The average Bonchev–Trinajstić information content (AvgIpc) is 3.37. The average molecular weight is 451 g/mol. The fraction of sp³-hybridized carbons (Fsp3) is 0.500. The Morgan fingerprint density at radius 3 is 2.83 bits per heavy atom. The van der Waals surface area contributed by atoms with Crippen LogP contribution in [-0.2, 0) is 23.0 Å². The third-order valence-corrected chi connectivity index (χ3v) is 8.26. The molecule has 0 radical (unpaired) electrons. The van der Waals surface area contributed by atoms with E-state index in [1.54, 1.807) is 24.3 Å². The summed E-state index contributed by atoms with van der Waals surface area (Å²) < 4.78 is 33.4. The van der Waals surface area contributed by atoms with Gasteiger partial charge in [0.25, 0.3) is 0 Å². The van der Waals surface area contributed by atoms with Crippen LogP contribution in [0, 0.1) is 0 Å². The summed E-state index contributed by atoms with van der Waals surface area (Å²) in [5.74, 6) is 0.362. The molecule has 1 aromatic heterocycles. The maximum atomic E-state index is 13.2. The molecule has 10 heteroatoms. The number of sulfonamides is 1. The van der Waals surface area contributed by atoms with Gasteiger partial charge in [0, 0.05) is 23.9 Å². The molecular formula is C20H26N4O4S2. The summed E-state index contributed by atoms with van der Waals surface area (Å²) in [5, 5.41) is 6.29. The van der Waals surface area contributed by atoms with E-state index < -0.39 is 10.0 Å². The lowest BCUT2D eigenvalue weighted by atomic mass is 10.2. The van der Waals surface area contributed by atoms with Crippen LogP contribution in [0.1, 0.15) is 43.2 Å². The third-order valence-electron chi connectivity index (χ3n) is 5.37. The molecule has 0 bridgehead atoms. The van der Waals surface area contributed by atoms with Gasteiger partial charge in [-0.05, 0) is 31.9 Å². The second-order valence-corrected chi connectivity index (χ2v) is 10.4. The Morgan fingerprint density at radius 1 is 1.30 bits per heavy atom. The van der Waals surface area contributed by atoms with Crippen LogP contribution >= 0.6 is 11.3 Å². The standard InChI is InChI=1S/C20H26N4O4S2/c1-2-28-16-9-5-6-10-18(16)30(26,27)24-12-11-15-17(13-24)29-20(22-15)23-19(25)21-14-7-3-4-8-14/h5-6,9-10,14H,2-4,7-8,11-13H2,1H3,(H2,21,22,23,25). The van der Waals surface area contributed by atoms with Gasteiger partial charge in [0.15, 0.2) is 5.13 Å². The largest absolute Gasteiger partial charge is 0.492 e. The number of urea groups is 1. The summed E-state index contributed by atoms with van der Waals surface area (Å²) in [4.78, 5) is 17.7. The van der Waals surface area contributed by atoms with Gasteiger partial charge in [-0.15, -0.1) is 0 Å². The van der Waals surface area contributed by atoms with Crippen molar-refractivity contribution in [3.05, 3.63) is 34.8 Å². The van der Waals surface area contributed by atoms with Crippen LogP contribution < -0.4 is 15.4 Å². The van der Waals surface area contributed by atoms with Gasteiger partial charge in [0.1, 0.15) is 10.6 Å². The first kappa shape index (κ1) is 21.1. The molecule has 8 nitrogen and oxygen atoms in total. The first-order valence-corrected chi connectivity index (χ1v) is 12.5. The Bertz CT molecular complexity index is 1020. The topological polar surface area (TPSA) is 101 Å². The van der Waals surface area contributed by atoms with Gasteiger partial charge in [-0.25, -0.2) is 18.2 Å². The number of thiazole rings is 1. The highest BCUT2D eigenvalue weighted by molar-refractivity contribution is 7.89. The van der Waals surface area contributed by atoms with E-state index in [2.05, 4.69) is 15.6 Å². The molecule has 2 N–H and O–H groups in total. The first-order chi connectivity index (χ1) is 14.5. The van der Waals surface area contributed by atoms with Crippen molar-refractivity contribution in [2.75, 3.05) is 18.5 Å². The van der Waals surface area contributed by atoms with Crippen LogP contribution in [0.25, 0.3) is 0 Å². The Morgan fingerprint density at radius 2 is 2.07 bits per heavy atom. The van der Waals surface area contributed by atoms with Gasteiger partial charge in [-0.2, -0.15) is 4.31 Å². The zero-order valence-electron chi connectivity index (χ0n) is 16.9. The molecule has 0 atom stereocenters. The molecule has 0 saturated heterocycles. The lowest BCUT2D eigenvalue weighted by Crippen LogP contribution is -2.36. The summed E-state index contributed by atoms with van der Waals surface area (Å²) in [6.45, 7) is 2.80. The van der Waals surface area contributed by atoms with Gasteiger partial charge in [-0.3, -0.25) is 5.32 Å². The van der Waals surface area contributed by atoms with E-state index in [4.69, 9.17) is 4.74 Å². The van der Waals surface area contributed by atoms with Crippen molar-refractivity contribution in [2.24, 2.45) is 0 Å². The molecule has 2 amide bonds. The fourth-order valence-corrected chi connectivity index (χ4v) is 6.54. The van der Waals surface area contributed by atoms with E-state index in [0.717, 1.165) is 36.3 Å². The van der Waals surface area contributed by atoms with Crippen molar-refractivity contribution in [3.63, 3.8) is 0 Å². The van der Waals surface area contributed by atoms with Crippen LogP contribution in [-0.4, -0.2) is 42.9 Å². The van der Waals surface area contributed by atoms with Crippen molar-refractivity contribution in [2.45, 2.75) is 56.5 Å². The van der Waals surface area contributed by atoms with Crippen LogP contribution in [0.4, 0.5) is 9.93 Å². The number of ether oxygens (including phenoxy) is 1. The molecule has 2 aromatic rings. The van der Waals surface area contributed by atoms with Crippen LogP contribution in [0.5, 0.6) is 5.75 Å². The summed E-state index contributed by atoms with van der Waals surface area (Å²) in [7, 11) is -3.70. The number of benzene rings is 1. The van der Waals surface area contributed by atoms with Gasteiger partial charge >= 0.3 is 6.03 Å². The quantitative estimate of drug-likeness (QED) is 0.703. The van der Waals surface area contributed by atoms with Crippen molar-refractivity contribution in [1.82, 2.24) is 14.6 Å². The Hall–Kier alpha value is -2.17. The molecule has 4 rings (SSSR count). The number of fused-ring (bicyclic) bond motifs is 1. The normalized spacial score (nSPS) is 17.5. The third kappa shape index (κ3) is 4.45. The maximum absolute atomic E-state index is 13.2. The van der Waals surface area contributed by atoms with E-state index >= 15 is 0 Å². The highest BCUT2D eigenvalue weighted by Gasteiger charge is 2.32. The predicted octanol–water partition coefficient (Wildman–Crippen LogP) is 3.35. The van der Waals surface area contributed by atoms with Gasteiger partial charge in [0.05, 0.1) is 18.8 Å². The number of hydrogen-bond donors (Lipinski definition) is 2. The molecule has 1 aliphatic heterocycles. The van der Waals surface area contributed by atoms with E-state index in [9.17, 15) is 13.2 Å². The van der Waals surface area contributed by atoms with Crippen LogP contribution in [0.2, 0.25) is 0 Å². The molecule has 2 heterocycles. The first-order valence-electron chi connectivity index (χ1n) is 10.3. The van der Waals surface area contributed by atoms with Crippen molar-refractivity contribution in [1.29, 1.82) is 0 Å². The molecular weight excluding hydrogens is 424 g/mol. The van der Waals surface area contributed by atoms with Crippen LogP contribution in [0.15, 0.2) is 29.2 Å². The minimum absolute atomic E-state index is 0.175. The SMILES string of the molecule is CCOc1ccccc1S(=O)(=O)N1CCc2nc(NC(=O)NC3CCCC3)sc2C1. The predicted molar refractivity (Wildman–Crippen MR) is 115 cm³/mol. The number of carbonyl (C=O) groups excluding carboxylic acids is 1. The highest BCUT2D eigenvalue weighted by atomic mass is 32.2. The molecule has 30 heavy (non-hydrogen) atoms. The molecule has 0 spiro atoms. The van der Waals surface area contributed by atoms with Crippen molar-refractivity contribution in [3.8, 4) is 5.75 Å². The molecule has 1 saturated carbocycles. The van der Waals surface area contributed by atoms with E-state index in [-0.39, 0.29) is 23.5 Å². The minimum Gasteiger partial charge on any atom is -0.492 e. The number of aromatic nitrogens is 1. The number of hydrogen-bond acceptors (Lipinski definition) is 6. The summed E-state index contributed by atoms with van der Waals surface area (Å²) in [6.07, 6.45) is 4.82. The van der Waals surface area contributed by atoms with E-state index in [1.165, 1.54) is 15.6 Å². The second-order valence-electron chi connectivity index (χ2n) is 7.44. The number of nitrogens with zero attached hydrogens (tertiary/aromatic N) is 2. The Kier molecular flexibility index (Phi) is 6.26. The summed E-state index contributed by atoms with van der Waals surface area (Å²) >= 11 is 1.33. The lowest BCUT2D eigenvalue weighted by molar-refractivity contribution is 0.248. The molecule has 1 fully saturated rings. The Labute approximate surface area is 180 Å². The maximum Gasteiger partial charge on any atom is 0.321 e. The number of para-hydroxylation sites is 1.